The van der Waals surface area contributed by atoms with Gasteiger partial charge < -0.3 is 14.7 Å². The molecule has 0 atom stereocenters. The number of carbonyl (C=O) groups is 2. The van der Waals surface area contributed by atoms with E-state index in [0.717, 1.165) is 24.3 Å². The van der Waals surface area contributed by atoms with E-state index in [4.69, 9.17) is 0 Å². The largest absolute Gasteiger partial charge is 0.416 e. The SMILES string of the molecule is CC(C)CCN(CC(=O)Nc1ccon1)C(=O)c1ccc(C(F)(F)F)cc1. The van der Waals surface area contributed by atoms with E-state index < -0.39 is 23.6 Å². The van der Waals surface area contributed by atoms with Gasteiger partial charge in [-0.2, -0.15) is 13.2 Å². The molecule has 0 bridgehead atoms. The molecule has 0 aliphatic heterocycles. The minimum absolute atomic E-state index is 0.0843. The molecule has 0 aliphatic rings. The molecule has 1 N–H and O–H groups in total. The third-order valence-electron chi connectivity index (χ3n) is 3.76. The van der Waals surface area contributed by atoms with Gasteiger partial charge in [0.2, 0.25) is 5.91 Å². The fourth-order valence-electron chi connectivity index (χ4n) is 2.28. The van der Waals surface area contributed by atoms with Gasteiger partial charge in [0, 0.05) is 18.2 Å². The van der Waals surface area contributed by atoms with Gasteiger partial charge in [0.25, 0.3) is 5.91 Å². The maximum absolute atomic E-state index is 12.7. The van der Waals surface area contributed by atoms with Crippen LogP contribution in [0, 0.1) is 5.92 Å². The number of carbonyl (C=O) groups excluding carboxylic acids is 2. The normalized spacial score (nSPS) is 11.5. The van der Waals surface area contributed by atoms with Gasteiger partial charge in [-0.15, -0.1) is 0 Å². The molecule has 0 saturated carbocycles. The molecule has 2 amide bonds. The molecule has 0 spiro atoms. The van der Waals surface area contributed by atoms with Crippen LogP contribution in [0.15, 0.2) is 41.1 Å². The van der Waals surface area contributed by atoms with Gasteiger partial charge in [-0.05, 0) is 36.6 Å². The lowest BCUT2D eigenvalue weighted by atomic mass is 10.1. The number of aromatic nitrogens is 1. The van der Waals surface area contributed by atoms with Crippen molar-refractivity contribution < 1.29 is 27.3 Å². The fraction of sp³-hybridized carbons (Fsp3) is 0.389. The fourth-order valence-corrected chi connectivity index (χ4v) is 2.28. The Kier molecular flexibility index (Phi) is 6.59. The van der Waals surface area contributed by atoms with Crippen LogP contribution in [0.3, 0.4) is 0 Å². The van der Waals surface area contributed by atoms with Crippen molar-refractivity contribution >= 4 is 17.6 Å². The Balaban J connectivity index is 2.11. The molecule has 0 fully saturated rings. The van der Waals surface area contributed by atoms with Crippen LogP contribution in [0.5, 0.6) is 0 Å². The smallest absolute Gasteiger partial charge is 0.363 e. The maximum atomic E-state index is 12.7. The van der Waals surface area contributed by atoms with E-state index in [9.17, 15) is 22.8 Å². The summed E-state index contributed by atoms with van der Waals surface area (Å²) >= 11 is 0. The van der Waals surface area contributed by atoms with Crippen molar-refractivity contribution in [2.45, 2.75) is 26.4 Å². The Morgan fingerprint density at radius 2 is 1.85 bits per heavy atom. The lowest BCUT2D eigenvalue weighted by Gasteiger charge is -2.23. The van der Waals surface area contributed by atoms with Gasteiger partial charge in [-0.1, -0.05) is 19.0 Å². The lowest BCUT2D eigenvalue weighted by molar-refractivity contribution is -0.137. The second kappa shape index (κ2) is 8.70. The average molecular weight is 383 g/mol. The van der Waals surface area contributed by atoms with Gasteiger partial charge in [-0.25, -0.2) is 0 Å². The standard InChI is InChI=1S/C18H20F3N3O3/c1-12(2)7-9-24(11-16(25)22-15-8-10-27-23-15)17(26)13-3-5-14(6-4-13)18(19,20)21/h3-6,8,10,12H,7,9,11H2,1-2H3,(H,22,23,25). The number of hydrogen-bond donors (Lipinski definition) is 1. The van der Waals surface area contributed by atoms with Crippen LogP contribution >= 0.6 is 0 Å². The van der Waals surface area contributed by atoms with Crippen LogP contribution in [0.4, 0.5) is 19.0 Å². The number of hydrogen-bond acceptors (Lipinski definition) is 4. The third-order valence-corrected chi connectivity index (χ3v) is 3.76. The van der Waals surface area contributed by atoms with E-state index in [0.29, 0.717) is 13.0 Å². The van der Waals surface area contributed by atoms with Gasteiger partial charge in [0.05, 0.1) is 5.56 Å². The van der Waals surface area contributed by atoms with E-state index in [2.05, 4.69) is 15.0 Å². The molecule has 146 valence electrons. The molecule has 27 heavy (non-hydrogen) atoms. The molecule has 0 radical (unpaired) electrons. The van der Waals surface area contributed by atoms with E-state index in [1.54, 1.807) is 0 Å². The monoisotopic (exact) mass is 383 g/mol. The summed E-state index contributed by atoms with van der Waals surface area (Å²) in [7, 11) is 0. The molecule has 2 rings (SSSR count). The van der Waals surface area contributed by atoms with Gasteiger partial charge in [0.1, 0.15) is 12.8 Å². The van der Waals surface area contributed by atoms with Crippen molar-refractivity contribution in [2.24, 2.45) is 5.92 Å². The number of amides is 2. The summed E-state index contributed by atoms with van der Waals surface area (Å²) in [5.41, 5.74) is -0.752. The molecule has 0 aliphatic carbocycles. The molecule has 0 saturated heterocycles. The minimum Gasteiger partial charge on any atom is -0.363 e. The molecule has 0 unspecified atom stereocenters. The predicted molar refractivity (Wildman–Crippen MR) is 91.9 cm³/mol. The van der Waals surface area contributed by atoms with Gasteiger partial charge >= 0.3 is 6.18 Å². The first-order valence-electron chi connectivity index (χ1n) is 8.33. The first-order chi connectivity index (χ1) is 12.7. The summed E-state index contributed by atoms with van der Waals surface area (Å²) in [6.45, 7) is 3.98. The van der Waals surface area contributed by atoms with Crippen LogP contribution in [0.2, 0.25) is 0 Å². The van der Waals surface area contributed by atoms with Crippen molar-refractivity contribution in [3.05, 3.63) is 47.7 Å². The molecule has 6 nitrogen and oxygen atoms in total. The van der Waals surface area contributed by atoms with Crippen molar-refractivity contribution in [1.29, 1.82) is 0 Å². The van der Waals surface area contributed by atoms with Crippen LogP contribution in [-0.2, 0) is 11.0 Å². The zero-order valence-corrected chi connectivity index (χ0v) is 14.9. The number of alkyl halides is 3. The lowest BCUT2D eigenvalue weighted by Crippen LogP contribution is -2.39. The van der Waals surface area contributed by atoms with Crippen LogP contribution in [-0.4, -0.2) is 35.0 Å². The first-order valence-corrected chi connectivity index (χ1v) is 8.33. The maximum Gasteiger partial charge on any atom is 0.416 e. The summed E-state index contributed by atoms with van der Waals surface area (Å²) in [6, 6.07) is 5.38. The summed E-state index contributed by atoms with van der Waals surface area (Å²) in [4.78, 5) is 26.1. The Labute approximate surface area is 154 Å². The summed E-state index contributed by atoms with van der Waals surface area (Å²) in [5.74, 6) is -0.495. The number of nitrogens with one attached hydrogen (secondary N) is 1. The highest BCUT2D eigenvalue weighted by atomic mass is 19.4. The summed E-state index contributed by atoms with van der Waals surface area (Å²) in [5, 5.41) is 6.05. The third kappa shape index (κ3) is 6.12. The second-order valence-corrected chi connectivity index (χ2v) is 6.42. The van der Waals surface area contributed by atoms with Crippen LogP contribution in [0.25, 0.3) is 0 Å². The number of anilines is 1. The number of nitrogens with zero attached hydrogens (tertiary/aromatic N) is 2. The highest BCUT2D eigenvalue weighted by Crippen LogP contribution is 2.29. The predicted octanol–water partition coefficient (Wildman–Crippen LogP) is 3.82. The van der Waals surface area contributed by atoms with Gasteiger partial charge in [-0.3, -0.25) is 9.59 Å². The van der Waals surface area contributed by atoms with Crippen molar-refractivity contribution in [3.8, 4) is 0 Å². The first kappa shape index (κ1) is 20.5. The number of halogens is 3. The van der Waals surface area contributed by atoms with E-state index >= 15 is 0 Å². The topological polar surface area (TPSA) is 75.4 Å². The van der Waals surface area contributed by atoms with E-state index in [-0.39, 0.29) is 23.8 Å². The Morgan fingerprint density at radius 1 is 1.19 bits per heavy atom. The van der Waals surface area contributed by atoms with E-state index in [1.165, 1.54) is 17.2 Å². The summed E-state index contributed by atoms with van der Waals surface area (Å²) in [6.07, 6.45) is -2.54. The molecule has 1 heterocycles. The average Bonchev–Trinajstić information content (AvgIpc) is 3.10. The minimum atomic E-state index is -4.48. The highest BCUT2D eigenvalue weighted by molar-refractivity contribution is 5.99. The molecule has 1 aromatic heterocycles. The Bertz CT molecular complexity index is 756. The second-order valence-electron chi connectivity index (χ2n) is 6.42. The quantitative estimate of drug-likeness (QED) is 0.789. The zero-order valence-electron chi connectivity index (χ0n) is 14.9. The zero-order chi connectivity index (χ0) is 20.0. The molecule has 9 heteroatoms. The van der Waals surface area contributed by atoms with Crippen molar-refractivity contribution in [3.63, 3.8) is 0 Å². The highest BCUT2D eigenvalue weighted by Gasteiger charge is 2.30. The molecule has 1 aromatic carbocycles. The molecule has 2 aromatic rings. The van der Waals surface area contributed by atoms with E-state index in [1.807, 2.05) is 13.8 Å². The Morgan fingerprint density at radius 3 is 2.37 bits per heavy atom. The van der Waals surface area contributed by atoms with Crippen molar-refractivity contribution in [2.75, 3.05) is 18.4 Å². The summed E-state index contributed by atoms with van der Waals surface area (Å²) < 4.78 is 42.7. The van der Waals surface area contributed by atoms with Gasteiger partial charge in [0.15, 0.2) is 5.82 Å². The molecular weight excluding hydrogens is 363 g/mol. The van der Waals surface area contributed by atoms with Crippen molar-refractivity contribution in [1.82, 2.24) is 10.1 Å². The van der Waals surface area contributed by atoms with Crippen LogP contribution < -0.4 is 5.32 Å². The van der Waals surface area contributed by atoms with Crippen LogP contribution in [0.1, 0.15) is 36.2 Å². The number of benzene rings is 1. The Hall–Kier alpha value is -2.84. The molecular formula is C18H20F3N3O3. The number of rotatable bonds is 7.